The first kappa shape index (κ1) is 14.0. The number of fused-ring (bicyclic) bond motifs is 3. The van der Waals surface area contributed by atoms with Gasteiger partial charge in [0.05, 0.1) is 5.56 Å². The van der Waals surface area contributed by atoms with E-state index >= 15 is 0 Å². The van der Waals surface area contributed by atoms with Crippen LogP contribution in [0, 0.1) is 11.6 Å². The molecule has 0 radical (unpaired) electrons. The number of furan rings is 1. The molecule has 0 bridgehead atoms. The summed E-state index contributed by atoms with van der Waals surface area (Å²) in [5.41, 5.74) is 0.105. The number of benzene rings is 2. The van der Waals surface area contributed by atoms with Gasteiger partial charge in [0.25, 0.3) is 5.24 Å². The van der Waals surface area contributed by atoms with E-state index in [0.29, 0.717) is 22.8 Å². The van der Waals surface area contributed by atoms with Gasteiger partial charge in [-0.1, -0.05) is 19.4 Å². The molecule has 1 aromatic heterocycles. The van der Waals surface area contributed by atoms with Gasteiger partial charge in [-0.2, -0.15) is 0 Å². The third-order valence-corrected chi connectivity index (χ3v) is 3.70. The molecule has 0 saturated heterocycles. The Labute approximate surface area is 124 Å². The van der Waals surface area contributed by atoms with E-state index in [1.165, 1.54) is 12.1 Å². The van der Waals surface area contributed by atoms with Crippen molar-refractivity contribution >= 4 is 38.8 Å². The molecule has 21 heavy (non-hydrogen) atoms. The maximum absolute atomic E-state index is 14.4. The summed E-state index contributed by atoms with van der Waals surface area (Å²) in [5.74, 6) is -1.34. The number of hydrogen-bond acceptors (Lipinski definition) is 2. The van der Waals surface area contributed by atoms with E-state index in [0.717, 1.165) is 6.42 Å². The third-order valence-electron chi connectivity index (χ3n) is 3.50. The summed E-state index contributed by atoms with van der Waals surface area (Å²) in [7, 11) is 0. The van der Waals surface area contributed by atoms with E-state index in [-0.39, 0.29) is 16.7 Å². The number of carbonyl (C=O) groups is 1. The molecule has 108 valence electrons. The lowest BCUT2D eigenvalue weighted by atomic mass is 10.1. The summed E-state index contributed by atoms with van der Waals surface area (Å²) in [6.07, 6.45) is 1.37. The van der Waals surface area contributed by atoms with Crippen LogP contribution in [0.1, 0.15) is 29.3 Å². The summed E-state index contributed by atoms with van der Waals surface area (Å²) in [6, 6.07) is 6.17. The molecular weight excluding hydrogens is 298 g/mol. The Balaban J connectivity index is 2.36. The van der Waals surface area contributed by atoms with Crippen molar-refractivity contribution < 1.29 is 18.0 Å². The van der Waals surface area contributed by atoms with Crippen molar-refractivity contribution in [1.29, 1.82) is 0 Å². The third kappa shape index (κ3) is 2.10. The zero-order valence-corrected chi connectivity index (χ0v) is 11.9. The number of halogens is 3. The van der Waals surface area contributed by atoms with E-state index in [2.05, 4.69) is 0 Å². The highest BCUT2D eigenvalue weighted by Crippen LogP contribution is 2.34. The van der Waals surface area contributed by atoms with Gasteiger partial charge >= 0.3 is 0 Å². The quantitative estimate of drug-likeness (QED) is 0.623. The highest BCUT2D eigenvalue weighted by molar-refractivity contribution is 6.67. The van der Waals surface area contributed by atoms with Crippen LogP contribution in [0.4, 0.5) is 8.78 Å². The number of aryl methyl sites for hydroxylation is 1. The van der Waals surface area contributed by atoms with E-state index in [1.807, 2.05) is 6.92 Å². The van der Waals surface area contributed by atoms with Gasteiger partial charge < -0.3 is 4.42 Å². The minimum atomic E-state index is -0.915. The van der Waals surface area contributed by atoms with E-state index in [1.54, 1.807) is 12.1 Å². The van der Waals surface area contributed by atoms with Crippen LogP contribution < -0.4 is 0 Å². The molecule has 0 N–H and O–H groups in total. The summed E-state index contributed by atoms with van der Waals surface area (Å²) < 4.78 is 33.9. The summed E-state index contributed by atoms with van der Waals surface area (Å²) in [5, 5.41) is -0.0112. The summed E-state index contributed by atoms with van der Waals surface area (Å²) in [4.78, 5) is 11.1. The zero-order chi connectivity index (χ0) is 15.1. The highest BCUT2D eigenvalue weighted by atomic mass is 35.5. The smallest absolute Gasteiger partial charge is 0.255 e. The second-order valence-corrected chi connectivity index (χ2v) is 5.19. The minimum absolute atomic E-state index is 0.00835. The molecule has 3 aromatic rings. The van der Waals surface area contributed by atoms with Crippen molar-refractivity contribution in [2.24, 2.45) is 0 Å². The van der Waals surface area contributed by atoms with Crippen molar-refractivity contribution in [3.63, 3.8) is 0 Å². The fourth-order valence-corrected chi connectivity index (χ4v) is 2.64. The molecular formula is C16H11ClF2O2. The molecule has 0 unspecified atom stereocenters. The maximum Gasteiger partial charge on any atom is 0.255 e. The van der Waals surface area contributed by atoms with Crippen LogP contribution >= 0.6 is 11.6 Å². The highest BCUT2D eigenvalue weighted by Gasteiger charge is 2.20. The number of carbonyl (C=O) groups excluding carboxylic acids is 1. The first-order valence-electron chi connectivity index (χ1n) is 6.56. The van der Waals surface area contributed by atoms with E-state index < -0.39 is 16.9 Å². The largest absolute Gasteiger partial charge is 0.450 e. The Kier molecular flexibility index (Phi) is 3.41. The van der Waals surface area contributed by atoms with Crippen LogP contribution in [0.2, 0.25) is 0 Å². The monoisotopic (exact) mass is 308 g/mol. The molecule has 0 aliphatic carbocycles. The average molecular weight is 309 g/mol. The topological polar surface area (TPSA) is 30.2 Å². The van der Waals surface area contributed by atoms with Gasteiger partial charge in [-0.25, -0.2) is 8.78 Å². The first-order chi connectivity index (χ1) is 10.0. The first-order valence-corrected chi connectivity index (χ1v) is 6.94. The molecule has 0 fully saturated rings. The Hall–Kier alpha value is -1.94. The zero-order valence-electron chi connectivity index (χ0n) is 11.2. The van der Waals surface area contributed by atoms with Crippen molar-refractivity contribution in [2.75, 3.05) is 0 Å². The second-order valence-electron chi connectivity index (χ2n) is 4.84. The SMILES string of the molecule is CCCc1ccc2c(oc3c(F)c(C(=O)Cl)ccc32)c1F. The molecule has 0 spiro atoms. The molecule has 2 aromatic carbocycles. The fourth-order valence-electron chi connectivity index (χ4n) is 2.49. The molecule has 2 nitrogen and oxygen atoms in total. The molecule has 0 atom stereocenters. The Bertz CT molecular complexity index is 868. The predicted octanol–water partition coefficient (Wildman–Crippen LogP) is 5.20. The Morgan fingerprint density at radius 3 is 2.33 bits per heavy atom. The molecule has 0 amide bonds. The fraction of sp³-hybridized carbons (Fsp3) is 0.188. The summed E-state index contributed by atoms with van der Waals surface area (Å²) in [6.45, 7) is 1.94. The molecule has 3 rings (SSSR count). The summed E-state index contributed by atoms with van der Waals surface area (Å²) >= 11 is 5.31. The van der Waals surface area contributed by atoms with Crippen LogP contribution in [0.15, 0.2) is 28.7 Å². The second kappa shape index (κ2) is 5.11. The lowest BCUT2D eigenvalue weighted by molar-refractivity contribution is 0.107. The molecule has 0 saturated carbocycles. The van der Waals surface area contributed by atoms with Gasteiger partial charge in [-0.15, -0.1) is 0 Å². The molecule has 1 heterocycles. The average Bonchev–Trinajstić information content (AvgIpc) is 2.83. The van der Waals surface area contributed by atoms with Crippen LogP contribution in [0.5, 0.6) is 0 Å². The van der Waals surface area contributed by atoms with Gasteiger partial charge in [-0.3, -0.25) is 4.79 Å². The molecule has 5 heteroatoms. The van der Waals surface area contributed by atoms with Crippen molar-refractivity contribution in [1.82, 2.24) is 0 Å². The maximum atomic E-state index is 14.4. The van der Waals surface area contributed by atoms with Crippen LogP contribution in [-0.4, -0.2) is 5.24 Å². The van der Waals surface area contributed by atoms with Crippen LogP contribution in [-0.2, 0) is 6.42 Å². The van der Waals surface area contributed by atoms with Gasteiger partial charge in [0.2, 0.25) is 0 Å². The minimum Gasteiger partial charge on any atom is -0.450 e. The van der Waals surface area contributed by atoms with E-state index in [9.17, 15) is 13.6 Å². The van der Waals surface area contributed by atoms with Crippen LogP contribution in [0.3, 0.4) is 0 Å². The Morgan fingerprint density at radius 1 is 1.10 bits per heavy atom. The normalized spacial score (nSPS) is 11.4. The predicted molar refractivity (Wildman–Crippen MR) is 77.8 cm³/mol. The van der Waals surface area contributed by atoms with Crippen molar-refractivity contribution in [3.8, 4) is 0 Å². The standard InChI is InChI=1S/C16H11ClF2O2/c1-2-3-8-4-5-9-10-6-7-11(16(17)20)13(19)15(10)21-14(9)12(8)18/h4-7H,2-3H2,1H3. The van der Waals surface area contributed by atoms with Crippen molar-refractivity contribution in [3.05, 3.63) is 47.0 Å². The number of rotatable bonds is 3. The van der Waals surface area contributed by atoms with Gasteiger partial charge in [0.15, 0.2) is 22.8 Å². The van der Waals surface area contributed by atoms with E-state index in [4.69, 9.17) is 16.0 Å². The van der Waals surface area contributed by atoms with Crippen LogP contribution in [0.25, 0.3) is 21.9 Å². The molecule has 0 aliphatic rings. The Morgan fingerprint density at radius 2 is 1.71 bits per heavy atom. The van der Waals surface area contributed by atoms with Gasteiger partial charge in [0.1, 0.15) is 0 Å². The van der Waals surface area contributed by atoms with Gasteiger partial charge in [0, 0.05) is 10.8 Å². The lowest BCUT2D eigenvalue weighted by Gasteiger charge is -2.00. The van der Waals surface area contributed by atoms with Gasteiger partial charge in [-0.05, 0) is 41.8 Å². The van der Waals surface area contributed by atoms with Crippen molar-refractivity contribution in [2.45, 2.75) is 19.8 Å². The molecule has 0 aliphatic heterocycles. The number of hydrogen-bond donors (Lipinski definition) is 0. The lowest BCUT2D eigenvalue weighted by Crippen LogP contribution is -1.93.